The van der Waals surface area contributed by atoms with Gasteiger partial charge in [0.2, 0.25) is 0 Å². The maximum absolute atomic E-state index is 13.4. The molecule has 0 aliphatic carbocycles. The van der Waals surface area contributed by atoms with E-state index < -0.39 is 17.8 Å². The Morgan fingerprint density at radius 2 is 1.72 bits per heavy atom. The van der Waals surface area contributed by atoms with Gasteiger partial charge in [0.1, 0.15) is 17.5 Å². The lowest BCUT2D eigenvalue weighted by Gasteiger charge is -2.22. The molecule has 1 aliphatic rings. The van der Waals surface area contributed by atoms with E-state index in [9.17, 15) is 13.2 Å². The SMILES string of the molecule is Cc1nc(N[C@H](C)c2cc(N)cc(C(F)(F)F)c2)c2cc(-c3ccncc3)c(N3CCCC3)nc2n1. The Labute approximate surface area is 206 Å². The summed E-state index contributed by atoms with van der Waals surface area (Å²) in [6, 6.07) is 8.93. The van der Waals surface area contributed by atoms with Crippen LogP contribution in [0.4, 0.5) is 30.5 Å². The van der Waals surface area contributed by atoms with E-state index in [1.165, 1.54) is 6.07 Å². The van der Waals surface area contributed by atoms with Gasteiger partial charge >= 0.3 is 6.18 Å². The minimum Gasteiger partial charge on any atom is -0.399 e. The van der Waals surface area contributed by atoms with Crippen LogP contribution in [0.25, 0.3) is 22.2 Å². The summed E-state index contributed by atoms with van der Waals surface area (Å²) in [5, 5.41) is 3.96. The molecule has 4 aromatic rings. The van der Waals surface area contributed by atoms with Crippen LogP contribution < -0.4 is 16.0 Å². The fourth-order valence-corrected chi connectivity index (χ4v) is 4.56. The molecule has 0 radical (unpaired) electrons. The van der Waals surface area contributed by atoms with Crippen LogP contribution >= 0.6 is 0 Å². The molecular weight excluding hydrogens is 467 g/mol. The van der Waals surface area contributed by atoms with Crippen LogP contribution in [0.3, 0.4) is 0 Å². The third-order valence-electron chi connectivity index (χ3n) is 6.33. The minimum atomic E-state index is -4.49. The first-order valence-electron chi connectivity index (χ1n) is 11.8. The molecule has 0 unspecified atom stereocenters. The van der Waals surface area contributed by atoms with Crippen molar-refractivity contribution >= 4 is 28.4 Å². The average Bonchev–Trinajstić information content (AvgIpc) is 3.38. The van der Waals surface area contributed by atoms with Crippen molar-refractivity contribution in [3.63, 3.8) is 0 Å². The maximum Gasteiger partial charge on any atom is 0.416 e. The first-order chi connectivity index (χ1) is 17.2. The Hall–Kier alpha value is -3.95. The summed E-state index contributed by atoms with van der Waals surface area (Å²) >= 11 is 0. The molecule has 0 spiro atoms. The maximum atomic E-state index is 13.4. The number of halogens is 3. The van der Waals surface area contributed by atoms with Gasteiger partial charge < -0.3 is 16.0 Å². The van der Waals surface area contributed by atoms with E-state index in [2.05, 4.69) is 25.2 Å². The molecule has 10 heteroatoms. The molecule has 7 nitrogen and oxygen atoms in total. The molecule has 0 amide bonds. The zero-order valence-corrected chi connectivity index (χ0v) is 20.0. The summed E-state index contributed by atoms with van der Waals surface area (Å²) in [5.41, 5.74) is 7.88. The largest absolute Gasteiger partial charge is 0.416 e. The standard InChI is InChI=1S/C26H26F3N7/c1-15(18-11-19(26(27,28)29)13-20(30)12-18)32-23-22-14-21(17-5-7-31-8-6-17)25(36-9-3-4-10-36)35-24(22)34-16(2)33-23/h5-8,11-15H,3-4,9-10,30H2,1-2H3,(H,32,33,34,35)/t15-/m1/s1. The van der Waals surface area contributed by atoms with Crippen LogP contribution in [0.1, 0.15) is 42.8 Å². The zero-order chi connectivity index (χ0) is 25.4. The van der Waals surface area contributed by atoms with Crippen molar-refractivity contribution in [3.05, 3.63) is 65.7 Å². The fourth-order valence-electron chi connectivity index (χ4n) is 4.56. The summed E-state index contributed by atoms with van der Waals surface area (Å²) in [5.74, 6) is 1.86. The smallest absolute Gasteiger partial charge is 0.399 e. The Morgan fingerprint density at radius 3 is 2.42 bits per heavy atom. The quantitative estimate of drug-likeness (QED) is 0.341. The normalized spacial score (nSPS) is 14.9. The van der Waals surface area contributed by atoms with E-state index in [0.29, 0.717) is 28.2 Å². The number of nitrogen functional groups attached to an aromatic ring is 1. The highest BCUT2D eigenvalue weighted by Gasteiger charge is 2.31. The highest BCUT2D eigenvalue weighted by atomic mass is 19.4. The second kappa shape index (κ2) is 9.25. The first-order valence-corrected chi connectivity index (χ1v) is 11.8. The second-order valence-electron chi connectivity index (χ2n) is 9.03. The molecule has 4 heterocycles. The van der Waals surface area contributed by atoms with Crippen LogP contribution in [0.5, 0.6) is 0 Å². The van der Waals surface area contributed by atoms with Crippen molar-refractivity contribution < 1.29 is 13.2 Å². The summed E-state index contributed by atoms with van der Waals surface area (Å²) in [6.07, 6.45) is 1.18. The van der Waals surface area contributed by atoms with Gasteiger partial charge in [-0.3, -0.25) is 4.98 Å². The number of nitrogens with one attached hydrogen (secondary N) is 1. The lowest BCUT2D eigenvalue weighted by molar-refractivity contribution is -0.137. The van der Waals surface area contributed by atoms with Gasteiger partial charge in [0, 0.05) is 36.7 Å². The second-order valence-corrected chi connectivity index (χ2v) is 9.03. The molecule has 0 saturated carbocycles. The van der Waals surface area contributed by atoms with Gasteiger partial charge in [-0.15, -0.1) is 0 Å². The van der Waals surface area contributed by atoms with Crippen LogP contribution in [-0.4, -0.2) is 33.0 Å². The predicted octanol–water partition coefficient (Wildman–Crippen LogP) is 5.77. The Bertz CT molecular complexity index is 1400. The molecule has 5 rings (SSSR count). The van der Waals surface area contributed by atoms with Gasteiger partial charge in [0.25, 0.3) is 0 Å². The molecule has 1 fully saturated rings. The van der Waals surface area contributed by atoms with E-state index >= 15 is 0 Å². The number of hydrogen-bond donors (Lipinski definition) is 2. The van der Waals surface area contributed by atoms with Crippen molar-refractivity contribution in [1.29, 1.82) is 0 Å². The minimum absolute atomic E-state index is 0.0501. The van der Waals surface area contributed by atoms with Crippen molar-refractivity contribution in [2.24, 2.45) is 0 Å². The van der Waals surface area contributed by atoms with E-state index in [4.69, 9.17) is 10.7 Å². The number of alkyl halides is 3. The molecule has 0 bridgehead atoms. The van der Waals surface area contributed by atoms with Crippen LogP contribution in [0, 0.1) is 6.92 Å². The van der Waals surface area contributed by atoms with Crippen molar-refractivity contribution in [1.82, 2.24) is 19.9 Å². The molecular formula is C26H26F3N7. The van der Waals surface area contributed by atoms with Crippen LogP contribution in [0.2, 0.25) is 0 Å². The first kappa shape index (κ1) is 23.8. The van der Waals surface area contributed by atoms with Gasteiger partial charge in [-0.1, -0.05) is 0 Å². The Balaban J connectivity index is 1.61. The Kier molecular flexibility index (Phi) is 6.11. The Morgan fingerprint density at radius 1 is 1.00 bits per heavy atom. The topological polar surface area (TPSA) is 92.8 Å². The summed E-state index contributed by atoms with van der Waals surface area (Å²) in [6.45, 7) is 5.37. The molecule has 1 atom stereocenters. The molecule has 36 heavy (non-hydrogen) atoms. The number of anilines is 3. The van der Waals surface area contributed by atoms with Gasteiger partial charge in [-0.05, 0) is 74.2 Å². The van der Waals surface area contributed by atoms with Crippen LogP contribution in [0.15, 0.2) is 48.8 Å². The monoisotopic (exact) mass is 493 g/mol. The highest BCUT2D eigenvalue weighted by molar-refractivity contribution is 5.94. The zero-order valence-electron chi connectivity index (χ0n) is 20.0. The number of hydrogen-bond acceptors (Lipinski definition) is 7. The molecule has 3 aromatic heterocycles. The average molecular weight is 494 g/mol. The summed E-state index contributed by atoms with van der Waals surface area (Å²) < 4.78 is 40.1. The van der Waals surface area contributed by atoms with Gasteiger partial charge in [-0.25, -0.2) is 15.0 Å². The van der Waals surface area contributed by atoms with E-state index in [1.54, 1.807) is 26.2 Å². The van der Waals surface area contributed by atoms with E-state index in [-0.39, 0.29) is 5.69 Å². The lowest BCUT2D eigenvalue weighted by Crippen LogP contribution is -2.20. The summed E-state index contributed by atoms with van der Waals surface area (Å²) in [7, 11) is 0. The molecule has 1 aromatic carbocycles. The molecule has 3 N–H and O–H groups in total. The number of pyridine rings is 2. The van der Waals surface area contributed by atoms with E-state index in [1.807, 2.05) is 18.2 Å². The molecule has 1 aliphatic heterocycles. The number of benzene rings is 1. The van der Waals surface area contributed by atoms with Crippen molar-refractivity contribution in [3.8, 4) is 11.1 Å². The van der Waals surface area contributed by atoms with Crippen LogP contribution in [-0.2, 0) is 6.18 Å². The fraction of sp³-hybridized carbons (Fsp3) is 0.308. The predicted molar refractivity (Wildman–Crippen MR) is 135 cm³/mol. The molecule has 186 valence electrons. The highest BCUT2D eigenvalue weighted by Crippen LogP contribution is 2.37. The number of aromatic nitrogens is 4. The van der Waals surface area contributed by atoms with Gasteiger partial charge in [0.05, 0.1) is 17.0 Å². The van der Waals surface area contributed by atoms with Crippen molar-refractivity contribution in [2.45, 2.75) is 38.9 Å². The number of nitrogens with two attached hydrogens (primary N) is 1. The van der Waals surface area contributed by atoms with Gasteiger partial charge in [-0.2, -0.15) is 13.2 Å². The molecule has 1 saturated heterocycles. The van der Waals surface area contributed by atoms with Gasteiger partial charge in [0.15, 0.2) is 5.65 Å². The number of aryl methyl sites for hydroxylation is 1. The van der Waals surface area contributed by atoms with Crippen molar-refractivity contribution in [2.75, 3.05) is 29.0 Å². The van der Waals surface area contributed by atoms with E-state index in [0.717, 1.165) is 55.0 Å². The number of fused-ring (bicyclic) bond motifs is 1. The summed E-state index contributed by atoms with van der Waals surface area (Å²) in [4.78, 5) is 20.5. The number of nitrogens with zero attached hydrogens (tertiary/aromatic N) is 5. The third kappa shape index (κ3) is 4.75. The number of rotatable bonds is 5. The lowest BCUT2D eigenvalue weighted by atomic mass is 10.0. The third-order valence-corrected chi connectivity index (χ3v) is 6.33.